The second-order valence-electron chi connectivity index (χ2n) is 3.77. The highest BCUT2D eigenvalue weighted by molar-refractivity contribution is 5.77. The van der Waals surface area contributed by atoms with Crippen molar-refractivity contribution in [3.63, 3.8) is 0 Å². The topological polar surface area (TPSA) is 71.3 Å². The monoisotopic (exact) mass is 224 g/mol. The molecule has 0 aromatic carbocycles. The van der Waals surface area contributed by atoms with Crippen molar-refractivity contribution in [3.8, 4) is 0 Å². The lowest BCUT2D eigenvalue weighted by Gasteiger charge is -2.26. The first-order chi connectivity index (χ1) is 7.79. The van der Waals surface area contributed by atoms with Crippen LogP contribution in [0.1, 0.15) is 18.6 Å². The summed E-state index contributed by atoms with van der Waals surface area (Å²) in [6.07, 6.45) is 0.943. The largest absolute Gasteiger partial charge is 0.340 e. The van der Waals surface area contributed by atoms with E-state index >= 15 is 0 Å². The van der Waals surface area contributed by atoms with Crippen molar-refractivity contribution in [2.75, 3.05) is 26.2 Å². The van der Waals surface area contributed by atoms with E-state index in [1.165, 1.54) is 0 Å². The summed E-state index contributed by atoms with van der Waals surface area (Å²) in [5.74, 6) is 1.14. The van der Waals surface area contributed by atoms with Gasteiger partial charge in [0.15, 0.2) is 5.82 Å². The van der Waals surface area contributed by atoms with Crippen molar-refractivity contribution < 1.29 is 9.32 Å². The predicted molar refractivity (Wildman–Crippen MR) is 56.8 cm³/mol. The Morgan fingerprint density at radius 1 is 1.50 bits per heavy atom. The average Bonchev–Trinajstić information content (AvgIpc) is 2.78. The van der Waals surface area contributed by atoms with E-state index in [4.69, 9.17) is 4.52 Å². The Balaban J connectivity index is 1.90. The molecule has 0 unspecified atom stereocenters. The molecule has 0 saturated carbocycles. The molecule has 1 saturated heterocycles. The van der Waals surface area contributed by atoms with Crippen LogP contribution in [0.3, 0.4) is 0 Å². The number of hydrogen-bond acceptors (Lipinski definition) is 5. The highest BCUT2D eigenvalue weighted by Gasteiger charge is 2.18. The number of aromatic nitrogens is 2. The number of aryl methyl sites for hydroxylation is 1. The Morgan fingerprint density at radius 2 is 2.25 bits per heavy atom. The number of amides is 1. The van der Waals surface area contributed by atoms with Crippen molar-refractivity contribution in [1.29, 1.82) is 0 Å². The summed E-state index contributed by atoms with van der Waals surface area (Å²) in [5.41, 5.74) is 0. The van der Waals surface area contributed by atoms with Crippen molar-refractivity contribution >= 4 is 5.91 Å². The molecule has 1 N–H and O–H groups in total. The maximum absolute atomic E-state index is 11.8. The molecule has 1 aliphatic rings. The molecular weight excluding hydrogens is 208 g/mol. The van der Waals surface area contributed by atoms with Crippen molar-refractivity contribution in [3.05, 3.63) is 11.7 Å². The van der Waals surface area contributed by atoms with Crippen LogP contribution in [0.25, 0.3) is 0 Å². The quantitative estimate of drug-likeness (QED) is 0.757. The zero-order valence-electron chi connectivity index (χ0n) is 9.40. The summed E-state index contributed by atoms with van der Waals surface area (Å²) >= 11 is 0. The number of carbonyl (C=O) groups is 1. The van der Waals surface area contributed by atoms with E-state index in [2.05, 4.69) is 15.5 Å². The Kier molecular flexibility index (Phi) is 3.51. The van der Waals surface area contributed by atoms with Gasteiger partial charge in [-0.15, -0.1) is 0 Å². The van der Waals surface area contributed by atoms with Gasteiger partial charge in [0.25, 0.3) is 0 Å². The number of rotatable bonds is 3. The molecule has 88 valence electrons. The lowest BCUT2D eigenvalue weighted by molar-refractivity contribution is -0.131. The molecule has 6 nitrogen and oxygen atoms in total. The van der Waals surface area contributed by atoms with E-state index < -0.39 is 0 Å². The molecule has 2 heterocycles. The summed E-state index contributed by atoms with van der Waals surface area (Å²) in [7, 11) is 0. The zero-order valence-corrected chi connectivity index (χ0v) is 9.40. The van der Waals surface area contributed by atoms with Crippen LogP contribution in [0.2, 0.25) is 0 Å². The second kappa shape index (κ2) is 5.07. The summed E-state index contributed by atoms with van der Waals surface area (Å²) in [5, 5.41) is 6.97. The van der Waals surface area contributed by atoms with Crippen molar-refractivity contribution in [1.82, 2.24) is 20.4 Å². The fourth-order valence-electron chi connectivity index (χ4n) is 1.66. The summed E-state index contributed by atoms with van der Waals surface area (Å²) < 4.78 is 4.99. The maximum Gasteiger partial charge on any atom is 0.236 e. The number of carbonyl (C=O) groups excluding carboxylic acids is 1. The molecule has 6 heteroatoms. The number of nitrogens with one attached hydrogen (secondary N) is 1. The minimum atomic E-state index is 0.0628. The maximum atomic E-state index is 11.8. The highest BCUT2D eigenvalue weighted by Crippen LogP contribution is 2.03. The van der Waals surface area contributed by atoms with Crippen LogP contribution in [0, 0.1) is 0 Å². The summed E-state index contributed by atoms with van der Waals surface area (Å²) in [6.45, 7) is 5.18. The fraction of sp³-hybridized carbons (Fsp3) is 0.700. The standard InChI is InChI=1S/C10H16N4O2/c1-2-8-12-9(16-13-8)7-10(15)14-5-3-11-4-6-14/h11H,2-7H2,1H3. The molecule has 0 bridgehead atoms. The van der Waals surface area contributed by atoms with Gasteiger partial charge in [-0.3, -0.25) is 4.79 Å². The van der Waals surface area contributed by atoms with E-state index in [1.807, 2.05) is 11.8 Å². The van der Waals surface area contributed by atoms with Crippen LogP contribution in [0.15, 0.2) is 4.52 Å². The molecule has 1 fully saturated rings. The molecular formula is C10H16N4O2. The second-order valence-corrected chi connectivity index (χ2v) is 3.77. The van der Waals surface area contributed by atoms with Crippen LogP contribution in [0.4, 0.5) is 0 Å². The molecule has 16 heavy (non-hydrogen) atoms. The molecule has 1 aromatic heterocycles. The molecule has 0 aliphatic carbocycles. The van der Waals surface area contributed by atoms with E-state index in [-0.39, 0.29) is 12.3 Å². The van der Waals surface area contributed by atoms with Crippen molar-refractivity contribution in [2.45, 2.75) is 19.8 Å². The van der Waals surface area contributed by atoms with Crippen LogP contribution < -0.4 is 5.32 Å². The van der Waals surface area contributed by atoms with Gasteiger partial charge in [-0.1, -0.05) is 12.1 Å². The zero-order chi connectivity index (χ0) is 11.4. The van der Waals surface area contributed by atoms with Gasteiger partial charge >= 0.3 is 0 Å². The van der Waals surface area contributed by atoms with E-state index in [0.29, 0.717) is 11.7 Å². The molecule has 1 amide bonds. The number of nitrogens with zero attached hydrogens (tertiary/aromatic N) is 3. The third-order valence-corrected chi connectivity index (χ3v) is 2.60. The molecule has 0 spiro atoms. The SMILES string of the molecule is CCc1noc(CC(=O)N2CCNCC2)n1. The van der Waals surface area contributed by atoms with Crippen LogP contribution >= 0.6 is 0 Å². The van der Waals surface area contributed by atoms with Gasteiger partial charge in [-0.2, -0.15) is 4.98 Å². The van der Waals surface area contributed by atoms with Gasteiger partial charge in [0.05, 0.1) is 0 Å². The lowest BCUT2D eigenvalue weighted by atomic mass is 10.3. The number of hydrogen-bond donors (Lipinski definition) is 1. The smallest absolute Gasteiger partial charge is 0.236 e. The minimum absolute atomic E-state index is 0.0628. The highest BCUT2D eigenvalue weighted by atomic mass is 16.5. The van der Waals surface area contributed by atoms with Gasteiger partial charge in [-0.25, -0.2) is 0 Å². The van der Waals surface area contributed by atoms with Gasteiger partial charge < -0.3 is 14.7 Å². The molecule has 2 rings (SSSR count). The van der Waals surface area contributed by atoms with E-state index in [0.717, 1.165) is 32.6 Å². The Hall–Kier alpha value is -1.43. The van der Waals surface area contributed by atoms with Crippen LogP contribution in [-0.2, 0) is 17.6 Å². The van der Waals surface area contributed by atoms with Gasteiger partial charge in [0, 0.05) is 32.6 Å². The molecule has 0 radical (unpaired) electrons. The normalized spacial score (nSPS) is 16.4. The van der Waals surface area contributed by atoms with Crippen LogP contribution in [0.5, 0.6) is 0 Å². The molecule has 1 aliphatic heterocycles. The first-order valence-electron chi connectivity index (χ1n) is 5.59. The molecule has 1 aromatic rings. The Bertz CT molecular complexity index is 357. The van der Waals surface area contributed by atoms with Crippen LogP contribution in [-0.4, -0.2) is 47.1 Å². The Labute approximate surface area is 94.0 Å². The average molecular weight is 224 g/mol. The fourth-order valence-corrected chi connectivity index (χ4v) is 1.66. The van der Waals surface area contributed by atoms with Crippen molar-refractivity contribution in [2.24, 2.45) is 0 Å². The predicted octanol–water partition coefficient (Wildman–Crippen LogP) is -0.394. The van der Waals surface area contributed by atoms with Gasteiger partial charge in [0.2, 0.25) is 11.8 Å². The summed E-state index contributed by atoms with van der Waals surface area (Å²) in [6, 6.07) is 0. The van der Waals surface area contributed by atoms with Gasteiger partial charge in [0.1, 0.15) is 6.42 Å². The van der Waals surface area contributed by atoms with E-state index in [9.17, 15) is 4.79 Å². The summed E-state index contributed by atoms with van der Waals surface area (Å²) in [4.78, 5) is 17.8. The third kappa shape index (κ3) is 2.57. The molecule has 0 atom stereocenters. The lowest BCUT2D eigenvalue weighted by Crippen LogP contribution is -2.46. The Morgan fingerprint density at radius 3 is 2.88 bits per heavy atom. The van der Waals surface area contributed by atoms with E-state index in [1.54, 1.807) is 0 Å². The minimum Gasteiger partial charge on any atom is -0.340 e. The van der Waals surface area contributed by atoms with Gasteiger partial charge in [-0.05, 0) is 0 Å². The first kappa shape index (κ1) is 11.1. The number of piperazine rings is 1. The first-order valence-corrected chi connectivity index (χ1v) is 5.59. The third-order valence-electron chi connectivity index (χ3n) is 2.60.